The Kier molecular flexibility index (Phi) is 5.21. The van der Waals surface area contributed by atoms with Gasteiger partial charge in [0.15, 0.2) is 0 Å². The monoisotopic (exact) mass is 400 g/mol. The van der Waals surface area contributed by atoms with Gasteiger partial charge in [0.2, 0.25) is 0 Å². The van der Waals surface area contributed by atoms with E-state index in [2.05, 4.69) is 0 Å². The summed E-state index contributed by atoms with van der Waals surface area (Å²) in [6.45, 7) is -0.913. The Morgan fingerprint density at radius 2 is 0.792 bits per heavy atom. The third kappa shape index (κ3) is 3.33. The molecule has 0 aromatic carbocycles. The lowest BCUT2D eigenvalue weighted by Crippen LogP contribution is -2.68. The van der Waals surface area contributed by atoms with E-state index in [-0.39, 0.29) is 0 Å². The van der Waals surface area contributed by atoms with E-state index in [0.29, 0.717) is 0 Å². The first-order chi connectivity index (χ1) is 9.96. The minimum Gasteiger partial charge on any atom is -0.245 e. The molecule has 16 heteroatoms. The van der Waals surface area contributed by atoms with Gasteiger partial charge in [0.05, 0.1) is 0 Å². The van der Waals surface area contributed by atoms with Crippen molar-refractivity contribution < 1.29 is 70.6 Å². The maximum absolute atomic E-state index is 12.7. The molecule has 0 aliphatic carbocycles. The standard InChI is InChI=1S/C8H3F15O/c1-2(9,10)7(20,21)24-8(22,23)5(15,16)3(11,12)4(13,14)6(17,18)19/h1H3. The van der Waals surface area contributed by atoms with Crippen LogP contribution in [0.2, 0.25) is 0 Å². The molecule has 24 heavy (non-hydrogen) atoms. The van der Waals surface area contributed by atoms with E-state index in [1.807, 2.05) is 0 Å². The third-order valence-corrected chi connectivity index (χ3v) is 2.28. The van der Waals surface area contributed by atoms with Crippen molar-refractivity contribution in [2.75, 3.05) is 0 Å². The largest absolute Gasteiger partial charge is 0.460 e. The molecule has 0 unspecified atom stereocenters. The fourth-order valence-electron chi connectivity index (χ4n) is 0.873. The van der Waals surface area contributed by atoms with Crippen LogP contribution < -0.4 is 0 Å². The molecule has 146 valence electrons. The molecule has 0 radical (unpaired) electrons. The van der Waals surface area contributed by atoms with Gasteiger partial charge < -0.3 is 0 Å². The maximum atomic E-state index is 12.7. The first kappa shape index (κ1) is 22.9. The van der Waals surface area contributed by atoms with Crippen molar-refractivity contribution in [2.24, 2.45) is 0 Å². The molecule has 0 aliphatic rings. The lowest BCUT2D eigenvalue weighted by atomic mass is 10.0. The van der Waals surface area contributed by atoms with E-state index in [4.69, 9.17) is 0 Å². The molecule has 0 aliphatic heterocycles. The topological polar surface area (TPSA) is 9.23 Å². The van der Waals surface area contributed by atoms with Crippen LogP contribution in [0.1, 0.15) is 6.92 Å². The number of ether oxygens (including phenoxy) is 1. The van der Waals surface area contributed by atoms with Crippen LogP contribution in [0, 0.1) is 0 Å². The van der Waals surface area contributed by atoms with Crippen LogP contribution in [0.15, 0.2) is 0 Å². The zero-order valence-electron chi connectivity index (χ0n) is 10.6. The molecule has 0 heterocycles. The lowest BCUT2D eigenvalue weighted by molar-refractivity contribution is -0.504. The van der Waals surface area contributed by atoms with Gasteiger partial charge in [0.1, 0.15) is 0 Å². The molecule has 0 saturated carbocycles. The molecule has 0 spiro atoms. The summed E-state index contributed by atoms with van der Waals surface area (Å²) in [4.78, 5) is 0. The van der Waals surface area contributed by atoms with Gasteiger partial charge in [0.25, 0.3) is 0 Å². The van der Waals surface area contributed by atoms with Crippen molar-refractivity contribution in [1.29, 1.82) is 0 Å². The molecule has 0 rings (SSSR count). The van der Waals surface area contributed by atoms with Gasteiger partial charge in [-0.25, -0.2) is 4.74 Å². The average molecular weight is 400 g/mol. The number of hydrogen-bond donors (Lipinski definition) is 0. The Morgan fingerprint density at radius 3 is 1.04 bits per heavy atom. The van der Waals surface area contributed by atoms with Crippen LogP contribution in [0.3, 0.4) is 0 Å². The predicted octanol–water partition coefficient (Wildman–Crippen LogP) is 5.31. The third-order valence-electron chi connectivity index (χ3n) is 2.28. The van der Waals surface area contributed by atoms with Crippen LogP contribution in [-0.2, 0) is 4.74 Å². The SMILES string of the molecule is CC(F)(F)C(F)(F)OC(F)(F)C(F)(F)C(F)(F)C(F)(F)C(F)(F)F. The number of rotatable bonds is 6. The molecular formula is C8H3F15O. The van der Waals surface area contributed by atoms with Crippen LogP contribution in [0.4, 0.5) is 65.9 Å². The second-order valence-corrected chi connectivity index (χ2v) is 4.24. The summed E-state index contributed by atoms with van der Waals surface area (Å²) in [6, 6.07) is 0. The number of hydrogen-bond acceptors (Lipinski definition) is 1. The molecule has 0 aromatic rings. The molecule has 0 saturated heterocycles. The van der Waals surface area contributed by atoms with Crippen molar-refractivity contribution in [3.8, 4) is 0 Å². The Bertz CT molecular complexity index is 455. The van der Waals surface area contributed by atoms with Gasteiger partial charge in [-0.15, -0.1) is 0 Å². The summed E-state index contributed by atoms with van der Waals surface area (Å²) >= 11 is 0. The van der Waals surface area contributed by atoms with Crippen molar-refractivity contribution in [3.05, 3.63) is 0 Å². The van der Waals surface area contributed by atoms with Crippen molar-refractivity contribution in [3.63, 3.8) is 0 Å². The van der Waals surface area contributed by atoms with Gasteiger partial charge in [-0.2, -0.15) is 65.9 Å². The van der Waals surface area contributed by atoms with Gasteiger partial charge in [-0.1, -0.05) is 0 Å². The van der Waals surface area contributed by atoms with Crippen molar-refractivity contribution in [2.45, 2.75) is 49.0 Å². The first-order valence-electron chi connectivity index (χ1n) is 4.99. The Hall–Kier alpha value is -1.09. The minimum atomic E-state index is -8.04. The Labute approximate surface area is 121 Å². The highest BCUT2D eigenvalue weighted by Crippen LogP contribution is 2.58. The number of alkyl halides is 15. The first-order valence-corrected chi connectivity index (χ1v) is 4.99. The van der Waals surface area contributed by atoms with E-state index in [0.717, 1.165) is 0 Å². The molecule has 0 bridgehead atoms. The van der Waals surface area contributed by atoms with E-state index < -0.39 is 49.0 Å². The highest BCUT2D eigenvalue weighted by Gasteiger charge is 2.89. The summed E-state index contributed by atoms with van der Waals surface area (Å²) in [5.74, 6) is -29.6. The van der Waals surface area contributed by atoms with Crippen LogP contribution in [0.5, 0.6) is 0 Å². The van der Waals surface area contributed by atoms with Gasteiger partial charge >= 0.3 is 42.1 Å². The van der Waals surface area contributed by atoms with Crippen molar-refractivity contribution in [1.82, 2.24) is 0 Å². The highest BCUT2D eigenvalue weighted by atomic mass is 19.4. The van der Waals surface area contributed by atoms with E-state index in [1.165, 1.54) is 4.74 Å². The van der Waals surface area contributed by atoms with Crippen LogP contribution in [0.25, 0.3) is 0 Å². The predicted molar refractivity (Wildman–Crippen MR) is 42.5 cm³/mol. The minimum absolute atomic E-state index is 0.913. The summed E-state index contributed by atoms with van der Waals surface area (Å²) in [5.41, 5.74) is 0. The molecule has 0 fully saturated rings. The van der Waals surface area contributed by atoms with Gasteiger partial charge in [0, 0.05) is 6.92 Å². The summed E-state index contributed by atoms with van der Waals surface area (Å²) < 4.78 is 186. The molecule has 0 N–H and O–H groups in total. The van der Waals surface area contributed by atoms with E-state index in [1.54, 1.807) is 0 Å². The molecule has 1 nitrogen and oxygen atoms in total. The molecule has 0 aromatic heterocycles. The number of halogens is 15. The Morgan fingerprint density at radius 1 is 0.458 bits per heavy atom. The fraction of sp³-hybridized carbons (Fsp3) is 1.00. The van der Waals surface area contributed by atoms with Gasteiger partial charge in [-0.05, 0) is 0 Å². The second kappa shape index (κ2) is 5.45. The Balaban J connectivity index is 6.04. The molecule has 0 atom stereocenters. The normalized spacial score (nSPS) is 16.5. The smallest absolute Gasteiger partial charge is 0.245 e. The van der Waals surface area contributed by atoms with Crippen molar-refractivity contribution >= 4 is 0 Å². The maximum Gasteiger partial charge on any atom is 0.460 e. The van der Waals surface area contributed by atoms with Crippen LogP contribution >= 0.6 is 0 Å². The molecular weight excluding hydrogens is 397 g/mol. The highest BCUT2D eigenvalue weighted by molar-refractivity contribution is 5.04. The summed E-state index contributed by atoms with van der Waals surface area (Å²) in [7, 11) is 0. The zero-order chi connectivity index (χ0) is 20.2. The van der Waals surface area contributed by atoms with E-state index in [9.17, 15) is 65.9 Å². The summed E-state index contributed by atoms with van der Waals surface area (Å²) in [5, 5.41) is 0. The fourth-order valence-corrected chi connectivity index (χ4v) is 0.873. The summed E-state index contributed by atoms with van der Waals surface area (Å²) in [6.07, 6.45) is -21.7. The quantitative estimate of drug-likeness (QED) is 0.549. The molecule has 0 amide bonds. The zero-order valence-corrected chi connectivity index (χ0v) is 10.6. The lowest BCUT2D eigenvalue weighted by Gasteiger charge is -2.38. The van der Waals surface area contributed by atoms with Gasteiger partial charge in [-0.3, -0.25) is 0 Å². The van der Waals surface area contributed by atoms with Crippen LogP contribution in [-0.4, -0.2) is 42.1 Å². The second-order valence-electron chi connectivity index (χ2n) is 4.24. The average Bonchev–Trinajstić information content (AvgIpc) is 2.23. The van der Waals surface area contributed by atoms with E-state index >= 15 is 0 Å².